The highest BCUT2D eigenvalue weighted by atomic mass is 16.2. The number of rotatable bonds is 13. The second kappa shape index (κ2) is 17.8. The number of hydrogen-bond donors (Lipinski definition) is 2. The number of hydrogen-bond acceptors (Lipinski definition) is 5. The van der Waals surface area contributed by atoms with E-state index in [1.807, 2.05) is 6.08 Å². The quantitative estimate of drug-likeness (QED) is 0.292. The first-order chi connectivity index (χ1) is 17.1. The van der Waals surface area contributed by atoms with Crippen molar-refractivity contribution in [3.63, 3.8) is 0 Å². The summed E-state index contributed by atoms with van der Waals surface area (Å²) in [6.07, 6.45) is 18.4. The molecule has 1 saturated heterocycles. The number of amides is 6. The van der Waals surface area contributed by atoms with Gasteiger partial charge in [0, 0.05) is 38.3 Å². The van der Waals surface area contributed by atoms with Crippen molar-refractivity contribution in [2.45, 2.75) is 96.3 Å². The molecule has 0 spiro atoms. The number of nitrogens with one attached hydrogen (secondary N) is 2. The van der Waals surface area contributed by atoms with Crippen LogP contribution in [-0.4, -0.2) is 66.1 Å². The molecule has 0 aromatic rings. The van der Waals surface area contributed by atoms with Crippen molar-refractivity contribution in [1.29, 1.82) is 0 Å². The van der Waals surface area contributed by atoms with Gasteiger partial charge in [0.1, 0.15) is 0 Å². The van der Waals surface area contributed by atoms with E-state index in [0.29, 0.717) is 25.9 Å². The van der Waals surface area contributed by atoms with Crippen molar-refractivity contribution in [1.82, 2.24) is 20.4 Å². The van der Waals surface area contributed by atoms with Crippen molar-refractivity contribution in [2.24, 2.45) is 4.99 Å². The van der Waals surface area contributed by atoms with Gasteiger partial charge in [0.25, 0.3) is 0 Å². The third-order valence-electron chi connectivity index (χ3n) is 6.25. The molecule has 0 radical (unpaired) electrons. The summed E-state index contributed by atoms with van der Waals surface area (Å²) < 4.78 is 0. The first-order valence-corrected chi connectivity index (χ1v) is 13.4. The van der Waals surface area contributed by atoms with Crippen LogP contribution in [0, 0.1) is 0 Å². The lowest BCUT2D eigenvalue weighted by Gasteiger charge is -2.15. The predicted octanol–water partition coefficient (Wildman–Crippen LogP) is 4.53. The number of unbranched alkanes of at least 4 members (excludes halogenated alkanes) is 6. The summed E-state index contributed by atoms with van der Waals surface area (Å²) in [4.78, 5) is 54.4. The molecule has 0 aromatic heterocycles. The third kappa shape index (κ3) is 12.1. The molecule has 2 aliphatic rings. The highest BCUT2D eigenvalue weighted by Crippen LogP contribution is 2.12. The van der Waals surface area contributed by atoms with Crippen LogP contribution in [0.3, 0.4) is 0 Å². The molecule has 35 heavy (non-hydrogen) atoms. The molecule has 1 fully saturated rings. The largest absolute Gasteiger partial charge is 0.349 e. The first kappa shape index (κ1) is 28.7. The van der Waals surface area contributed by atoms with E-state index in [4.69, 9.17) is 0 Å². The summed E-state index contributed by atoms with van der Waals surface area (Å²) in [5.74, 6) is -0.229. The molecule has 9 heteroatoms. The number of nitrogens with zero attached hydrogens (tertiary/aromatic N) is 3. The fourth-order valence-corrected chi connectivity index (χ4v) is 4.13. The maximum Gasteiger partial charge on any atom is 0.349 e. The zero-order chi connectivity index (χ0) is 25.1. The van der Waals surface area contributed by atoms with Gasteiger partial charge in [0.15, 0.2) is 0 Å². The van der Waals surface area contributed by atoms with Crippen LogP contribution in [-0.2, 0) is 9.59 Å². The Bertz CT molecular complexity index is 737. The highest BCUT2D eigenvalue weighted by Gasteiger charge is 2.22. The van der Waals surface area contributed by atoms with Crippen LogP contribution in [0.2, 0.25) is 0 Å². The van der Waals surface area contributed by atoms with Crippen molar-refractivity contribution in [2.75, 3.05) is 26.2 Å². The highest BCUT2D eigenvalue weighted by molar-refractivity contribution is 5.97. The van der Waals surface area contributed by atoms with E-state index in [-0.39, 0.29) is 17.8 Å². The Morgan fingerprint density at radius 3 is 2.37 bits per heavy atom. The Hall–Kier alpha value is -2.55. The van der Waals surface area contributed by atoms with Crippen LogP contribution in [0.5, 0.6) is 0 Å². The Kier molecular flexibility index (Phi) is 14.6. The van der Waals surface area contributed by atoms with Gasteiger partial charge in [-0.3, -0.25) is 14.5 Å². The lowest BCUT2D eigenvalue weighted by molar-refractivity contribution is -0.128. The van der Waals surface area contributed by atoms with E-state index in [0.717, 1.165) is 96.6 Å². The predicted molar refractivity (Wildman–Crippen MR) is 137 cm³/mol. The molecule has 2 rings (SSSR count). The first-order valence-electron chi connectivity index (χ1n) is 13.4. The van der Waals surface area contributed by atoms with Gasteiger partial charge in [-0.15, -0.1) is 0 Å². The summed E-state index contributed by atoms with van der Waals surface area (Å²) in [6.45, 7) is 3.05. The number of aliphatic imine (C=N–C) groups is 1. The van der Waals surface area contributed by atoms with Gasteiger partial charge in [-0.2, -0.15) is 0 Å². The van der Waals surface area contributed by atoms with Crippen molar-refractivity contribution in [3.8, 4) is 0 Å². The molecule has 0 atom stereocenters. The zero-order valence-electron chi connectivity index (χ0n) is 21.1. The number of likely N-dealkylation sites (tertiary alicyclic amines) is 1. The fraction of sp³-hybridized carbons (Fsp3) is 0.731. The van der Waals surface area contributed by atoms with Gasteiger partial charge in [0.2, 0.25) is 11.8 Å². The maximum absolute atomic E-state index is 12.1. The summed E-state index contributed by atoms with van der Waals surface area (Å²) in [7, 11) is 0. The van der Waals surface area contributed by atoms with Crippen molar-refractivity contribution < 1.29 is 19.2 Å². The molecule has 9 nitrogen and oxygen atoms in total. The van der Waals surface area contributed by atoms with Gasteiger partial charge in [-0.1, -0.05) is 31.8 Å². The number of carbonyl (C=O) groups excluding carboxylic acids is 4. The van der Waals surface area contributed by atoms with Crippen LogP contribution in [0.15, 0.2) is 17.3 Å². The normalized spacial score (nSPS) is 17.0. The smallest absolute Gasteiger partial charge is 0.337 e. The Balaban J connectivity index is 1.36. The third-order valence-corrected chi connectivity index (χ3v) is 6.25. The minimum atomic E-state index is -0.411. The second-order valence-corrected chi connectivity index (χ2v) is 9.24. The number of imide groups is 2. The molecule has 0 bridgehead atoms. The monoisotopic (exact) mass is 489 g/mol. The molecule has 6 amide bonds. The Labute approximate surface area is 209 Å². The number of urea groups is 2. The van der Waals surface area contributed by atoms with Gasteiger partial charge >= 0.3 is 12.1 Å². The molecular formula is C26H43N5O4. The standard InChI is InChI=1S/C26H43N5O4/c32-23-15-7-5-13-21-30(23)25(34)28-19-11-3-1-9-17-27-18-10-2-4-12-20-29-26(35)31-22-14-6-8-16-24(31)33/h13,20-21,27H,1-12,14-19,22H2,(H,28,34). The summed E-state index contributed by atoms with van der Waals surface area (Å²) in [5, 5.41) is 6.29. The average Bonchev–Trinajstić information content (AvgIpc) is 3.20. The van der Waals surface area contributed by atoms with Crippen LogP contribution < -0.4 is 10.6 Å². The van der Waals surface area contributed by atoms with E-state index in [1.165, 1.54) is 9.80 Å². The summed E-state index contributed by atoms with van der Waals surface area (Å²) in [5.41, 5.74) is 0. The Morgan fingerprint density at radius 2 is 1.57 bits per heavy atom. The second-order valence-electron chi connectivity index (χ2n) is 9.24. The lowest BCUT2D eigenvalue weighted by atomic mass is 10.2. The molecule has 0 aromatic carbocycles. The lowest BCUT2D eigenvalue weighted by Crippen LogP contribution is -2.40. The van der Waals surface area contributed by atoms with Gasteiger partial charge in [-0.05, 0) is 70.9 Å². The van der Waals surface area contributed by atoms with E-state index in [9.17, 15) is 19.2 Å². The molecule has 0 saturated carbocycles. The van der Waals surface area contributed by atoms with Crippen LogP contribution in [0.25, 0.3) is 0 Å². The number of carbonyl (C=O) groups is 4. The van der Waals surface area contributed by atoms with Crippen LogP contribution in [0.1, 0.15) is 96.3 Å². The fourth-order valence-electron chi connectivity index (χ4n) is 4.13. The topological polar surface area (TPSA) is 111 Å². The molecule has 2 heterocycles. The van der Waals surface area contributed by atoms with E-state index in [2.05, 4.69) is 15.6 Å². The minimum Gasteiger partial charge on any atom is -0.337 e. The van der Waals surface area contributed by atoms with Crippen molar-refractivity contribution >= 4 is 30.1 Å². The van der Waals surface area contributed by atoms with Gasteiger partial charge in [0.05, 0.1) is 0 Å². The molecule has 2 N–H and O–H groups in total. The minimum absolute atomic E-state index is 0.0963. The summed E-state index contributed by atoms with van der Waals surface area (Å²) in [6, 6.07) is -0.731. The average molecular weight is 490 g/mol. The molecule has 0 aliphatic carbocycles. The molecule has 0 unspecified atom stereocenters. The number of allylic oxidation sites excluding steroid dienone is 1. The van der Waals surface area contributed by atoms with E-state index in [1.54, 1.807) is 12.4 Å². The summed E-state index contributed by atoms with van der Waals surface area (Å²) >= 11 is 0. The Morgan fingerprint density at radius 1 is 0.857 bits per heavy atom. The van der Waals surface area contributed by atoms with E-state index >= 15 is 0 Å². The maximum atomic E-state index is 12.1. The van der Waals surface area contributed by atoms with Crippen LogP contribution in [0.4, 0.5) is 9.59 Å². The van der Waals surface area contributed by atoms with Gasteiger partial charge < -0.3 is 10.6 Å². The van der Waals surface area contributed by atoms with E-state index < -0.39 is 6.03 Å². The molecular weight excluding hydrogens is 446 g/mol. The van der Waals surface area contributed by atoms with Gasteiger partial charge in [-0.25, -0.2) is 19.5 Å². The van der Waals surface area contributed by atoms with Crippen molar-refractivity contribution in [3.05, 3.63) is 12.3 Å². The van der Waals surface area contributed by atoms with Crippen LogP contribution >= 0.6 is 0 Å². The molecule has 2 aliphatic heterocycles. The SMILES string of the molecule is O=C1CCCC=CN1C(=O)NCCCCCCNCCCCCC=NC(=O)N1CCCCCC1=O. The zero-order valence-corrected chi connectivity index (χ0v) is 21.1. The molecule has 196 valence electrons.